The summed E-state index contributed by atoms with van der Waals surface area (Å²) in [6, 6.07) is 0. The molecule has 4 fully saturated rings. The Balaban J connectivity index is 1.72. The summed E-state index contributed by atoms with van der Waals surface area (Å²) in [5.74, 6) is 1.08. The van der Waals surface area contributed by atoms with Crippen LogP contribution in [-0.2, 0) is 4.79 Å². The maximum Gasteiger partial charge on any atom is 0.152 e. The van der Waals surface area contributed by atoms with E-state index < -0.39 is 6.10 Å². The normalized spacial score (nSPS) is 57.2. The lowest BCUT2D eigenvalue weighted by atomic mass is 9.44. The van der Waals surface area contributed by atoms with Gasteiger partial charge in [-0.3, -0.25) is 4.79 Å². The highest BCUT2D eigenvalue weighted by molar-refractivity contribution is 9.10. The first-order valence-corrected chi connectivity index (χ1v) is 10.4. The van der Waals surface area contributed by atoms with E-state index in [-0.39, 0.29) is 52.0 Å². The summed E-state index contributed by atoms with van der Waals surface area (Å²) >= 11 is 3.56. The van der Waals surface area contributed by atoms with E-state index in [4.69, 9.17) is 0 Å². The Hall–Kier alpha value is 0.0300. The minimum Gasteiger partial charge on any atom is -0.396 e. The Morgan fingerprint density at radius 3 is 2.58 bits per heavy atom. The Morgan fingerprint density at radius 1 is 1.12 bits per heavy atom. The molecule has 5 heteroatoms. The number of aliphatic hydroxyl groups excluding tert-OH is 3. The molecular weight excluding hydrogens is 372 g/mol. The third kappa shape index (κ3) is 2.17. The molecule has 4 aliphatic carbocycles. The topological polar surface area (TPSA) is 77.8 Å². The number of rotatable bonds is 1. The molecule has 24 heavy (non-hydrogen) atoms. The summed E-state index contributed by atoms with van der Waals surface area (Å²) in [6.45, 7) is 2.24. The van der Waals surface area contributed by atoms with Gasteiger partial charge in [-0.1, -0.05) is 22.9 Å². The van der Waals surface area contributed by atoms with Gasteiger partial charge >= 0.3 is 0 Å². The van der Waals surface area contributed by atoms with Gasteiger partial charge in [0.2, 0.25) is 0 Å². The molecule has 4 nitrogen and oxygen atoms in total. The van der Waals surface area contributed by atoms with Crippen LogP contribution in [-0.4, -0.2) is 44.7 Å². The molecule has 0 aromatic carbocycles. The van der Waals surface area contributed by atoms with Crippen molar-refractivity contribution in [1.29, 1.82) is 0 Å². The van der Waals surface area contributed by atoms with Crippen LogP contribution >= 0.6 is 15.9 Å². The largest absolute Gasteiger partial charge is 0.396 e. The van der Waals surface area contributed by atoms with Gasteiger partial charge in [-0.05, 0) is 74.0 Å². The van der Waals surface area contributed by atoms with Crippen molar-refractivity contribution in [1.82, 2.24) is 0 Å². The third-order valence-electron chi connectivity index (χ3n) is 8.35. The van der Waals surface area contributed by atoms with Crippen LogP contribution in [0.15, 0.2) is 0 Å². The van der Waals surface area contributed by atoms with Crippen LogP contribution in [0.2, 0.25) is 0 Å². The SMILES string of the molecule is C[C@]12CCC3C(C(O)CC4C[C@@H](O)CC[C@@]43CO)C1C[C@@H](Br)C2=O. The Bertz CT molecular complexity index is 539. The lowest BCUT2D eigenvalue weighted by molar-refractivity contribution is -0.189. The molecule has 0 aromatic heterocycles. The molecule has 5 unspecified atom stereocenters. The fraction of sp³-hybridized carbons (Fsp3) is 0.947. The number of carbonyl (C=O) groups is 1. The monoisotopic (exact) mass is 400 g/mol. The minimum atomic E-state index is -0.416. The zero-order valence-corrected chi connectivity index (χ0v) is 15.9. The number of carbonyl (C=O) groups excluding carboxylic acids is 1. The zero-order chi connectivity index (χ0) is 17.3. The fourth-order valence-corrected chi connectivity index (χ4v) is 8.00. The molecule has 0 spiro atoms. The number of ketones is 1. The first kappa shape index (κ1) is 17.4. The first-order chi connectivity index (χ1) is 11.3. The molecule has 4 aliphatic rings. The third-order valence-corrected chi connectivity index (χ3v) is 9.14. The highest BCUT2D eigenvalue weighted by Gasteiger charge is 2.65. The van der Waals surface area contributed by atoms with Crippen LogP contribution in [0.25, 0.3) is 0 Å². The van der Waals surface area contributed by atoms with E-state index in [2.05, 4.69) is 22.9 Å². The van der Waals surface area contributed by atoms with Gasteiger partial charge in [-0.15, -0.1) is 0 Å². The molecule has 0 aliphatic heterocycles. The van der Waals surface area contributed by atoms with Crippen LogP contribution < -0.4 is 0 Å². The van der Waals surface area contributed by atoms with Gasteiger partial charge in [0.25, 0.3) is 0 Å². The van der Waals surface area contributed by atoms with Gasteiger partial charge in [0.15, 0.2) is 5.78 Å². The molecule has 136 valence electrons. The number of fused-ring (bicyclic) bond motifs is 5. The highest BCUT2D eigenvalue weighted by atomic mass is 79.9. The van der Waals surface area contributed by atoms with Crippen molar-refractivity contribution in [3.05, 3.63) is 0 Å². The first-order valence-electron chi connectivity index (χ1n) is 9.49. The molecule has 0 aromatic rings. The van der Waals surface area contributed by atoms with Crippen LogP contribution in [0, 0.1) is 34.5 Å². The lowest BCUT2D eigenvalue weighted by Crippen LogP contribution is -2.60. The molecule has 0 saturated heterocycles. The molecule has 0 heterocycles. The smallest absolute Gasteiger partial charge is 0.152 e. The van der Waals surface area contributed by atoms with Crippen molar-refractivity contribution in [2.24, 2.45) is 34.5 Å². The van der Waals surface area contributed by atoms with Gasteiger partial charge in [0.1, 0.15) is 0 Å². The van der Waals surface area contributed by atoms with Crippen molar-refractivity contribution in [2.75, 3.05) is 6.61 Å². The quantitative estimate of drug-likeness (QED) is 0.590. The minimum absolute atomic E-state index is 0.0885. The molecule has 9 atom stereocenters. The molecule has 0 amide bonds. The van der Waals surface area contributed by atoms with Gasteiger partial charge < -0.3 is 15.3 Å². The van der Waals surface area contributed by atoms with Crippen molar-refractivity contribution in [3.63, 3.8) is 0 Å². The van der Waals surface area contributed by atoms with E-state index in [0.717, 1.165) is 32.1 Å². The Morgan fingerprint density at radius 2 is 1.88 bits per heavy atom. The maximum atomic E-state index is 12.7. The van der Waals surface area contributed by atoms with E-state index in [9.17, 15) is 20.1 Å². The standard InChI is InChI=1S/C19H29BrO4/c1-18-4-3-12-16(13(18)8-14(20)17(18)24)15(23)7-10-6-11(22)2-5-19(10,12)9-21/h10-16,21-23H,2-9H2,1H3/t10?,11-,12?,13?,14+,15?,16?,18-,19+/m0/s1. The van der Waals surface area contributed by atoms with Crippen molar-refractivity contribution in [3.8, 4) is 0 Å². The number of hydrogen-bond acceptors (Lipinski definition) is 4. The molecule has 4 saturated carbocycles. The van der Waals surface area contributed by atoms with Crippen molar-refractivity contribution < 1.29 is 20.1 Å². The number of hydrogen-bond donors (Lipinski definition) is 3. The second-order valence-electron chi connectivity index (χ2n) is 9.13. The molecule has 0 radical (unpaired) electrons. The van der Waals surface area contributed by atoms with E-state index in [1.807, 2.05) is 0 Å². The summed E-state index contributed by atoms with van der Waals surface area (Å²) in [4.78, 5) is 12.6. The predicted octanol–water partition coefficient (Wildman–Crippen LogP) is 2.28. The zero-order valence-electron chi connectivity index (χ0n) is 14.3. The van der Waals surface area contributed by atoms with Crippen molar-refractivity contribution >= 4 is 21.7 Å². The van der Waals surface area contributed by atoms with Gasteiger partial charge in [-0.25, -0.2) is 0 Å². The molecule has 3 N–H and O–H groups in total. The van der Waals surface area contributed by atoms with Crippen LogP contribution in [0.1, 0.15) is 51.9 Å². The molecular formula is C19H29BrO4. The van der Waals surface area contributed by atoms with Crippen molar-refractivity contribution in [2.45, 2.75) is 68.9 Å². The summed E-state index contributed by atoms with van der Waals surface area (Å²) in [7, 11) is 0. The summed E-state index contributed by atoms with van der Waals surface area (Å²) < 4.78 is 0. The number of Topliss-reactive ketones (excluding diaryl/α,β-unsaturated/α-hetero) is 1. The predicted molar refractivity (Wildman–Crippen MR) is 93.6 cm³/mol. The van der Waals surface area contributed by atoms with Crippen LogP contribution in [0.5, 0.6) is 0 Å². The van der Waals surface area contributed by atoms with E-state index in [1.165, 1.54) is 0 Å². The Labute approximate surface area is 152 Å². The Kier molecular flexibility index (Phi) is 4.19. The highest BCUT2D eigenvalue weighted by Crippen LogP contribution is 2.65. The van der Waals surface area contributed by atoms with Gasteiger partial charge in [0, 0.05) is 12.0 Å². The second-order valence-corrected chi connectivity index (χ2v) is 10.2. The van der Waals surface area contributed by atoms with Crippen LogP contribution in [0.3, 0.4) is 0 Å². The summed E-state index contributed by atoms with van der Waals surface area (Å²) in [5, 5.41) is 31.4. The molecule has 0 bridgehead atoms. The average Bonchev–Trinajstić information content (AvgIpc) is 2.78. The number of alkyl halides is 1. The van der Waals surface area contributed by atoms with Crippen LogP contribution in [0.4, 0.5) is 0 Å². The maximum absolute atomic E-state index is 12.7. The van der Waals surface area contributed by atoms with E-state index in [1.54, 1.807) is 0 Å². The van der Waals surface area contributed by atoms with Gasteiger partial charge in [-0.2, -0.15) is 0 Å². The lowest BCUT2D eigenvalue weighted by Gasteiger charge is -2.61. The number of aliphatic hydroxyl groups is 3. The summed E-state index contributed by atoms with van der Waals surface area (Å²) in [6.07, 6.45) is 4.82. The second kappa shape index (κ2) is 5.77. The van der Waals surface area contributed by atoms with Gasteiger partial charge in [0.05, 0.1) is 17.0 Å². The number of halogens is 1. The molecule has 4 rings (SSSR count). The summed E-state index contributed by atoms with van der Waals surface area (Å²) in [5.41, 5.74) is -0.494. The average molecular weight is 401 g/mol. The van der Waals surface area contributed by atoms with E-state index in [0.29, 0.717) is 18.6 Å². The fourth-order valence-electron chi connectivity index (χ4n) is 7.07. The van der Waals surface area contributed by atoms with E-state index >= 15 is 0 Å².